The quantitative estimate of drug-likeness (QED) is 0.182. The Kier molecular flexibility index (Phi) is 9.56. The van der Waals surface area contributed by atoms with E-state index in [0.29, 0.717) is 0 Å². The van der Waals surface area contributed by atoms with Crippen molar-refractivity contribution in [3.8, 4) is 0 Å². The molecule has 11 nitrogen and oxygen atoms in total. The van der Waals surface area contributed by atoms with E-state index in [1.807, 2.05) is 0 Å². The van der Waals surface area contributed by atoms with Crippen molar-refractivity contribution in [1.29, 1.82) is 0 Å². The van der Waals surface area contributed by atoms with Crippen LogP contribution in [-0.4, -0.2) is 54.9 Å². The molecule has 0 aromatic rings. The van der Waals surface area contributed by atoms with Gasteiger partial charge in [-0.05, 0) is 12.0 Å². The Labute approximate surface area is 126 Å². The molecule has 0 saturated heterocycles. The molecule has 0 aliphatic carbocycles. The fourth-order valence-electron chi connectivity index (χ4n) is 1.24. The Morgan fingerprint density at radius 3 is 2.73 bits per heavy atom. The summed E-state index contributed by atoms with van der Waals surface area (Å²) in [5, 5.41) is 16.4. The highest BCUT2D eigenvalue weighted by atomic mass is 16.5. The second-order valence-corrected chi connectivity index (χ2v) is 4.02. The molecule has 5 N–H and O–H groups in total. The summed E-state index contributed by atoms with van der Waals surface area (Å²) in [5.41, 5.74) is 13.5. The number of hydrogen-bond donors (Lipinski definition) is 4. The Morgan fingerprint density at radius 1 is 1.50 bits per heavy atom. The molecule has 2 atom stereocenters. The lowest BCUT2D eigenvalue weighted by Gasteiger charge is -2.18. The van der Waals surface area contributed by atoms with Crippen LogP contribution >= 0.6 is 0 Å². The Morgan fingerprint density at radius 2 is 2.18 bits per heavy atom. The number of hydrogen-bond acceptors (Lipinski definition) is 6. The smallest absolute Gasteiger partial charge is 0.408 e. The van der Waals surface area contributed by atoms with Gasteiger partial charge in [0.2, 0.25) is 5.91 Å². The third-order valence-corrected chi connectivity index (χ3v) is 2.34. The van der Waals surface area contributed by atoms with Crippen molar-refractivity contribution >= 4 is 18.0 Å². The fraction of sp³-hybridized carbons (Fsp3) is 0.545. The van der Waals surface area contributed by atoms with Crippen molar-refractivity contribution in [2.24, 2.45) is 10.8 Å². The van der Waals surface area contributed by atoms with Gasteiger partial charge in [0.15, 0.2) is 0 Å². The number of carbonyl (C=O) groups excluding carboxylic acids is 2. The zero-order valence-corrected chi connectivity index (χ0v) is 11.8. The summed E-state index contributed by atoms with van der Waals surface area (Å²) in [6, 6.07) is -2.32. The number of carbonyl (C=O) groups is 3. The molecular weight excluding hydrogens is 296 g/mol. The van der Waals surface area contributed by atoms with Crippen LogP contribution in [0.1, 0.15) is 6.42 Å². The first-order valence-corrected chi connectivity index (χ1v) is 6.23. The third-order valence-electron chi connectivity index (χ3n) is 2.34. The molecular formula is C11H18N6O5. The van der Waals surface area contributed by atoms with E-state index in [9.17, 15) is 14.4 Å². The molecule has 0 rings (SSSR count). The maximum Gasteiger partial charge on any atom is 0.408 e. The van der Waals surface area contributed by atoms with E-state index in [-0.39, 0.29) is 26.1 Å². The summed E-state index contributed by atoms with van der Waals surface area (Å²) in [5.74, 6) is -1.94. The minimum Gasteiger partial charge on any atom is -0.480 e. The van der Waals surface area contributed by atoms with Gasteiger partial charge in [-0.2, -0.15) is 0 Å². The number of rotatable bonds is 10. The van der Waals surface area contributed by atoms with E-state index >= 15 is 0 Å². The minimum atomic E-state index is -1.27. The first kappa shape index (κ1) is 19.2. The molecule has 0 aromatic carbocycles. The summed E-state index contributed by atoms with van der Waals surface area (Å²) in [4.78, 5) is 36.4. The molecule has 122 valence electrons. The molecule has 0 fully saturated rings. The highest BCUT2D eigenvalue weighted by molar-refractivity contribution is 5.86. The van der Waals surface area contributed by atoms with Crippen molar-refractivity contribution in [1.82, 2.24) is 10.6 Å². The van der Waals surface area contributed by atoms with Gasteiger partial charge in [0.1, 0.15) is 18.7 Å². The van der Waals surface area contributed by atoms with Crippen LogP contribution < -0.4 is 16.4 Å². The van der Waals surface area contributed by atoms with Crippen molar-refractivity contribution in [3.05, 3.63) is 23.1 Å². The van der Waals surface area contributed by atoms with Crippen LogP contribution in [0.25, 0.3) is 10.4 Å². The Balaban J connectivity index is 4.57. The fourth-order valence-corrected chi connectivity index (χ4v) is 1.24. The van der Waals surface area contributed by atoms with Crippen LogP contribution in [0.3, 0.4) is 0 Å². The van der Waals surface area contributed by atoms with Crippen LogP contribution in [-0.2, 0) is 14.3 Å². The number of amides is 2. The number of alkyl carbamates (subject to hydrolysis) is 1. The van der Waals surface area contributed by atoms with E-state index in [4.69, 9.17) is 16.4 Å². The van der Waals surface area contributed by atoms with E-state index in [0.717, 1.165) is 0 Å². The Bertz CT molecular complexity index is 462. The standard InChI is InChI=1S/C11H18N6O5/c1-2-5-22-11(21)16-8(3-4-15-17-13)9(18)14-6-7(12)10(19)20/h2,7-8H,1,3-6,12H2,(H,14,18)(H,16,21)(H,19,20). The summed E-state index contributed by atoms with van der Waals surface area (Å²) in [7, 11) is 0. The molecule has 0 aliphatic rings. The van der Waals surface area contributed by atoms with E-state index in [1.165, 1.54) is 6.08 Å². The normalized spacial score (nSPS) is 12.2. The maximum absolute atomic E-state index is 11.9. The molecule has 22 heavy (non-hydrogen) atoms. The number of aliphatic carboxylic acids is 1. The van der Waals surface area contributed by atoms with Crippen LogP contribution in [0.5, 0.6) is 0 Å². The monoisotopic (exact) mass is 314 g/mol. The van der Waals surface area contributed by atoms with Gasteiger partial charge in [-0.25, -0.2) is 4.79 Å². The number of ether oxygens (including phenoxy) is 1. The van der Waals surface area contributed by atoms with Crippen LogP contribution in [0.4, 0.5) is 4.79 Å². The highest BCUT2D eigenvalue weighted by Gasteiger charge is 2.22. The molecule has 0 aromatic heterocycles. The van der Waals surface area contributed by atoms with Gasteiger partial charge in [0, 0.05) is 18.0 Å². The van der Waals surface area contributed by atoms with E-state index < -0.39 is 30.1 Å². The molecule has 2 amide bonds. The van der Waals surface area contributed by atoms with Gasteiger partial charge in [0.25, 0.3) is 0 Å². The number of carboxylic acids is 1. The largest absolute Gasteiger partial charge is 0.480 e. The van der Waals surface area contributed by atoms with E-state index in [2.05, 4.69) is 32.0 Å². The molecule has 0 radical (unpaired) electrons. The van der Waals surface area contributed by atoms with Crippen molar-refractivity contribution < 1.29 is 24.2 Å². The predicted molar refractivity (Wildman–Crippen MR) is 75.7 cm³/mol. The molecule has 0 spiro atoms. The SMILES string of the molecule is C=CCOC(=O)NC(CCN=[N+]=[N-])C(=O)NCC(N)C(=O)O. The average Bonchev–Trinajstić information content (AvgIpc) is 2.49. The second-order valence-electron chi connectivity index (χ2n) is 4.02. The number of carboxylic acid groups (broad SMARTS) is 1. The van der Waals surface area contributed by atoms with Gasteiger partial charge in [-0.3, -0.25) is 9.59 Å². The van der Waals surface area contributed by atoms with Crippen LogP contribution in [0.15, 0.2) is 17.8 Å². The molecule has 11 heteroatoms. The summed E-state index contributed by atoms with van der Waals surface area (Å²) in [6.45, 7) is 2.97. The number of azide groups is 1. The number of nitrogens with two attached hydrogens (primary N) is 1. The molecule has 0 heterocycles. The summed E-state index contributed by atoms with van der Waals surface area (Å²) >= 11 is 0. The van der Waals surface area contributed by atoms with E-state index in [1.54, 1.807) is 0 Å². The topological polar surface area (TPSA) is 180 Å². The third kappa shape index (κ3) is 8.40. The van der Waals surface area contributed by atoms with Gasteiger partial charge < -0.3 is 26.2 Å². The lowest BCUT2D eigenvalue weighted by molar-refractivity contribution is -0.138. The first-order valence-electron chi connectivity index (χ1n) is 6.23. The first-order chi connectivity index (χ1) is 10.4. The maximum atomic E-state index is 11.9. The minimum absolute atomic E-state index is 0.0153. The average molecular weight is 314 g/mol. The zero-order valence-electron chi connectivity index (χ0n) is 11.8. The lowest BCUT2D eigenvalue weighted by atomic mass is 10.2. The lowest BCUT2D eigenvalue weighted by Crippen LogP contribution is -2.51. The summed E-state index contributed by atoms with van der Waals surface area (Å²) in [6.07, 6.45) is 0.505. The predicted octanol–water partition coefficient (Wildman–Crippen LogP) is -0.504. The number of nitrogens with zero attached hydrogens (tertiary/aromatic N) is 3. The van der Waals surface area contributed by atoms with Gasteiger partial charge >= 0.3 is 12.1 Å². The molecule has 0 aliphatic heterocycles. The molecule has 0 bridgehead atoms. The molecule has 2 unspecified atom stereocenters. The highest BCUT2D eigenvalue weighted by Crippen LogP contribution is 1.96. The Hall–Kier alpha value is -2.78. The van der Waals surface area contributed by atoms with Gasteiger partial charge in [0.05, 0.1) is 0 Å². The summed E-state index contributed by atoms with van der Waals surface area (Å²) < 4.78 is 4.67. The van der Waals surface area contributed by atoms with Gasteiger partial charge in [-0.15, -0.1) is 0 Å². The second kappa shape index (κ2) is 10.9. The van der Waals surface area contributed by atoms with Crippen molar-refractivity contribution in [3.63, 3.8) is 0 Å². The molecule has 0 saturated carbocycles. The van der Waals surface area contributed by atoms with Crippen molar-refractivity contribution in [2.45, 2.75) is 18.5 Å². The number of nitrogens with one attached hydrogen (secondary N) is 2. The van der Waals surface area contributed by atoms with Gasteiger partial charge in [-0.1, -0.05) is 17.8 Å². The zero-order chi connectivity index (χ0) is 17.0. The van der Waals surface area contributed by atoms with Crippen molar-refractivity contribution in [2.75, 3.05) is 19.7 Å². The van der Waals surface area contributed by atoms with Crippen LogP contribution in [0.2, 0.25) is 0 Å². The van der Waals surface area contributed by atoms with Crippen LogP contribution in [0, 0.1) is 0 Å².